The molecule has 0 aromatic heterocycles. The fourth-order valence-corrected chi connectivity index (χ4v) is 3.30. The molecule has 0 unspecified atom stereocenters. The van der Waals surface area contributed by atoms with E-state index in [1.54, 1.807) is 51.1 Å². The zero-order chi connectivity index (χ0) is 27.3. The van der Waals surface area contributed by atoms with Gasteiger partial charge in [-0.05, 0) is 117 Å². The maximum absolute atomic E-state index is 13.0. The summed E-state index contributed by atoms with van der Waals surface area (Å²) in [6.45, 7) is 19.5. The van der Waals surface area contributed by atoms with Crippen LogP contribution in [0.1, 0.15) is 97.1 Å². The monoisotopic (exact) mass is 494 g/mol. The van der Waals surface area contributed by atoms with E-state index in [2.05, 4.69) is 6.92 Å². The molecular weight excluding hydrogens is 452 g/mol. The Morgan fingerprint density at radius 2 is 1.39 bits per heavy atom. The van der Waals surface area contributed by atoms with Crippen LogP contribution in [-0.2, 0) is 11.2 Å². The maximum Gasteiger partial charge on any atom is 0.316 e. The SMILES string of the molecule is CCCc1ccc(OC(C)(C)C)c(C=CC(=O)c2ccc(OC(=O)C(C)(C)C)cc2)c1OC(C)(C)C. The summed E-state index contributed by atoms with van der Waals surface area (Å²) in [5, 5.41) is 0. The first-order valence-corrected chi connectivity index (χ1v) is 12.6. The number of allylic oxidation sites excluding steroid dienone is 1. The van der Waals surface area contributed by atoms with Crippen molar-refractivity contribution in [2.45, 2.75) is 93.3 Å². The molecule has 0 N–H and O–H groups in total. The summed E-state index contributed by atoms with van der Waals surface area (Å²) < 4.78 is 18.0. The van der Waals surface area contributed by atoms with Gasteiger partial charge in [0.2, 0.25) is 0 Å². The molecule has 5 nitrogen and oxygen atoms in total. The van der Waals surface area contributed by atoms with Crippen LogP contribution in [0.2, 0.25) is 0 Å². The van der Waals surface area contributed by atoms with Gasteiger partial charge in [-0.15, -0.1) is 0 Å². The normalized spacial score (nSPS) is 12.5. The number of esters is 1. The van der Waals surface area contributed by atoms with Gasteiger partial charge in [-0.25, -0.2) is 0 Å². The maximum atomic E-state index is 13.0. The lowest BCUT2D eigenvalue weighted by Gasteiger charge is -2.28. The number of aryl methyl sites for hydroxylation is 1. The number of ketones is 1. The van der Waals surface area contributed by atoms with Crippen molar-refractivity contribution in [2.75, 3.05) is 0 Å². The van der Waals surface area contributed by atoms with Crippen LogP contribution < -0.4 is 14.2 Å². The number of carbonyl (C=O) groups is 2. The quantitative estimate of drug-likeness (QED) is 0.162. The van der Waals surface area contributed by atoms with Gasteiger partial charge in [-0.3, -0.25) is 9.59 Å². The number of carbonyl (C=O) groups excluding carboxylic acids is 2. The van der Waals surface area contributed by atoms with Crippen molar-refractivity contribution >= 4 is 17.8 Å². The predicted octanol–water partition coefficient (Wildman–Crippen LogP) is 7.84. The van der Waals surface area contributed by atoms with E-state index in [9.17, 15) is 9.59 Å². The van der Waals surface area contributed by atoms with Crippen molar-refractivity contribution < 1.29 is 23.8 Å². The molecule has 0 bridgehead atoms. The highest BCUT2D eigenvalue weighted by atomic mass is 16.5. The van der Waals surface area contributed by atoms with Crippen LogP contribution in [0, 0.1) is 5.41 Å². The second-order valence-corrected chi connectivity index (χ2v) is 12.0. The van der Waals surface area contributed by atoms with Crippen molar-refractivity contribution in [2.24, 2.45) is 5.41 Å². The van der Waals surface area contributed by atoms with E-state index >= 15 is 0 Å². The van der Waals surface area contributed by atoms with Gasteiger partial charge < -0.3 is 14.2 Å². The van der Waals surface area contributed by atoms with E-state index in [0.717, 1.165) is 29.7 Å². The Morgan fingerprint density at radius 1 is 0.806 bits per heavy atom. The number of hydrogen-bond acceptors (Lipinski definition) is 5. The third-order valence-corrected chi connectivity index (χ3v) is 4.94. The van der Waals surface area contributed by atoms with Gasteiger partial charge in [-0.2, -0.15) is 0 Å². The summed E-state index contributed by atoms with van der Waals surface area (Å²) in [5.74, 6) is 1.30. The van der Waals surface area contributed by atoms with Gasteiger partial charge in [0.15, 0.2) is 5.78 Å². The van der Waals surface area contributed by atoms with Crippen molar-refractivity contribution in [1.82, 2.24) is 0 Å². The highest BCUT2D eigenvalue weighted by Gasteiger charge is 2.24. The average molecular weight is 495 g/mol. The molecule has 0 aliphatic rings. The lowest BCUT2D eigenvalue weighted by molar-refractivity contribution is -0.143. The lowest BCUT2D eigenvalue weighted by atomic mass is 9.97. The van der Waals surface area contributed by atoms with E-state index in [0.29, 0.717) is 17.1 Å². The summed E-state index contributed by atoms with van der Waals surface area (Å²) in [7, 11) is 0. The Balaban J connectivity index is 2.43. The van der Waals surface area contributed by atoms with Crippen molar-refractivity contribution in [3.63, 3.8) is 0 Å². The molecule has 2 aromatic carbocycles. The van der Waals surface area contributed by atoms with Gasteiger partial charge in [0.25, 0.3) is 0 Å². The summed E-state index contributed by atoms with van der Waals surface area (Å²) in [5.41, 5.74) is 0.862. The standard InChI is InChI=1S/C31H42O5/c1-11-12-22-15-20-26(35-30(5,6)7)24(27(22)36-31(8,9)10)18-19-25(32)21-13-16-23(17-14-21)34-28(33)29(2,3)4/h13-20H,11-12H2,1-10H3. The van der Waals surface area contributed by atoms with Gasteiger partial charge >= 0.3 is 5.97 Å². The molecular formula is C31H42O5. The molecule has 0 aliphatic carbocycles. The first-order chi connectivity index (χ1) is 16.5. The Labute approximate surface area is 216 Å². The van der Waals surface area contributed by atoms with E-state index in [-0.39, 0.29) is 11.8 Å². The van der Waals surface area contributed by atoms with Crippen LogP contribution in [0.25, 0.3) is 6.08 Å². The van der Waals surface area contributed by atoms with E-state index in [1.165, 1.54) is 6.08 Å². The smallest absolute Gasteiger partial charge is 0.316 e. The second kappa shape index (κ2) is 11.3. The minimum absolute atomic E-state index is 0.173. The van der Waals surface area contributed by atoms with Crippen LogP contribution in [0.15, 0.2) is 42.5 Å². The molecule has 5 heteroatoms. The fraction of sp³-hybridized carbons (Fsp3) is 0.484. The third kappa shape index (κ3) is 8.85. The van der Waals surface area contributed by atoms with Gasteiger partial charge in [0.1, 0.15) is 28.5 Å². The lowest BCUT2D eigenvalue weighted by Crippen LogP contribution is -2.26. The van der Waals surface area contributed by atoms with E-state index < -0.39 is 16.6 Å². The highest BCUT2D eigenvalue weighted by molar-refractivity contribution is 6.07. The molecule has 2 aromatic rings. The largest absolute Gasteiger partial charge is 0.487 e. The highest BCUT2D eigenvalue weighted by Crippen LogP contribution is 2.38. The topological polar surface area (TPSA) is 61.8 Å². The Hall–Kier alpha value is -3.08. The predicted molar refractivity (Wildman–Crippen MR) is 146 cm³/mol. The summed E-state index contributed by atoms with van der Waals surface area (Å²) in [6.07, 6.45) is 5.13. The molecule has 0 saturated heterocycles. The van der Waals surface area contributed by atoms with Crippen molar-refractivity contribution in [1.29, 1.82) is 0 Å². The van der Waals surface area contributed by atoms with Gasteiger partial charge in [0.05, 0.1) is 11.0 Å². The molecule has 0 heterocycles. The zero-order valence-corrected chi connectivity index (χ0v) is 23.6. The molecule has 2 rings (SSSR count). The van der Waals surface area contributed by atoms with Crippen molar-refractivity contribution in [3.8, 4) is 17.2 Å². The molecule has 0 saturated carbocycles. The average Bonchev–Trinajstić information content (AvgIpc) is 2.73. The first-order valence-electron chi connectivity index (χ1n) is 12.6. The summed E-state index contributed by atoms with van der Waals surface area (Å²) >= 11 is 0. The molecule has 0 spiro atoms. The van der Waals surface area contributed by atoms with E-state index in [4.69, 9.17) is 14.2 Å². The third-order valence-electron chi connectivity index (χ3n) is 4.94. The minimum Gasteiger partial charge on any atom is -0.487 e. The molecule has 0 amide bonds. The molecule has 36 heavy (non-hydrogen) atoms. The number of benzene rings is 2. The zero-order valence-electron chi connectivity index (χ0n) is 23.6. The Kier molecular flexibility index (Phi) is 9.17. The summed E-state index contributed by atoms with van der Waals surface area (Å²) in [4.78, 5) is 25.2. The number of ether oxygens (including phenoxy) is 3. The molecule has 0 fully saturated rings. The van der Waals surface area contributed by atoms with Crippen molar-refractivity contribution in [3.05, 3.63) is 59.2 Å². The van der Waals surface area contributed by atoms with Gasteiger partial charge in [-0.1, -0.05) is 19.4 Å². The molecule has 0 radical (unpaired) electrons. The second-order valence-electron chi connectivity index (χ2n) is 12.0. The minimum atomic E-state index is -0.608. The van der Waals surface area contributed by atoms with Crippen LogP contribution in [0.5, 0.6) is 17.2 Å². The van der Waals surface area contributed by atoms with Crippen LogP contribution >= 0.6 is 0 Å². The molecule has 0 atom stereocenters. The van der Waals surface area contributed by atoms with Crippen LogP contribution in [0.4, 0.5) is 0 Å². The summed E-state index contributed by atoms with van der Waals surface area (Å²) in [6, 6.07) is 10.6. The Bertz CT molecular complexity index is 1090. The van der Waals surface area contributed by atoms with Gasteiger partial charge in [0, 0.05) is 5.56 Å². The number of hydrogen-bond donors (Lipinski definition) is 0. The number of rotatable bonds is 8. The van der Waals surface area contributed by atoms with E-state index in [1.807, 2.05) is 53.7 Å². The Morgan fingerprint density at radius 3 is 1.89 bits per heavy atom. The van der Waals surface area contributed by atoms with Crippen LogP contribution in [0.3, 0.4) is 0 Å². The first kappa shape index (κ1) is 29.2. The fourth-order valence-electron chi connectivity index (χ4n) is 3.30. The molecule has 196 valence electrons. The van der Waals surface area contributed by atoms with Crippen LogP contribution in [-0.4, -0.2) is 23.0 Å². The molecule has 0 aliphatic heterocycles.